The summed E-state index contributed by atoms with van der Waals surface area (Å²) in [4.78, 5) is 11.5. The van der Waals surface area contributed by atoms with Gasteiger partial charge in [0.25, 0.3) is 0 Å². The van der Waals surface area contributed by atoms with Crippen molar-refractivity contribution < 1.29 is 17.9 Å². The highest BCUT2D eigenvalue weighted by atomic mass is 32.2. The highest BCUT2D eigenvalue weighted by Gasteiger charge is 2.25. The van der Waals surface area contributed by atoms with E-state index in [-0.39, 0.29) is 29.9 Å². The third kappa shape index (κ3) is 6.02. The maximum Gasteiger partial charge on any atom is 0.221 e. The summed E-state index contributed by atoms with van der Waals surface area (Å²) in [5.74, 6) is 0.0625. The molecule has 0 bridgehead atoms. The number of carbonyl (C=O) groups excluding carboxylic acids is 1. The van der Waals surface area contributed by atoms with Crippen molar-refractivity contribution >= 4 is 15.7 Å². The first-order valence-corrected chi connectivity index (χ1v) is 7.78. The van der Waals surface area contributed by atoms with E-state index in [0.29, 0.717) is 26.1 Å². The molecule has 1 heterocycles. The molecule has 0 radical (unpaired) electrons. The number of hydrogen-bond acceptors (Lipinski definition) is 5. The topological polar surface area (TPSA) is 84.5 Å². The van der Waals surface area contributed by atoms with Gasteiger partial charge in [-0.3, -0.25) is 4.79 Å². The molecule has 0 aromatic carbocycles. The van der Waals surface area contributed by atoms with Crippen molar-refractivity contribution in [1.29, 1.82) is 0 Å². The molecule has 2 N–H and O–H groups in total. The highest BCUT2D eigenvalue weighted by Crippen LogP contribution is 2.04. The maximum absolute atomic E-state index is 11.5. The molecule has 1 fully saturated rings. The van der Waals surface area contributed by atoms with Gasteiger partial charge in [-0.05, 0) is 6.42 Å². The maximum atomic E-state index is 11.5. The van der Waals surface area contributed by atoms with Crippen molar-refractivity contribution in [3.05, 3.63) is 12.8 Å². The Hall–Kier alpha value is -1.08. The van der Waals surface area contributed by atoms with E-state index in [1.807, 2.05) is 0 Å². The van der Waals surface area contributed by atoms with Crippen LogP contribution in [0, 0.1) is 0 Å². The van der Waals surface area contributed by atoms with Crippen molar-refractivity contribution in [3.8, 4) is 0 Å². The third-order valence-corrected chi connectivity index (χ3v) is 4.35. The Bertz CT molecular complexity index is 381. The van der Waals surface area contributed by atoms with Crippen molar-refractivity contribution in [3.63, 3.8) is 0 Å². The van der Waals surface area contributed by atoms with Crippen molar-refractivity contribution in [2.45, 2.75) is 18.9 Å². The second-order valence-electron chi connectivity index (χ2n) is 4.21. The number of sulfone groups is 1. The van der Waals surface area contributed by atoms with E-state index < -0.39 is 9.84 Å². The summed E-state index contributed by atoms with van der Waals surface area (Å²) in [6, 6.07) is -0.270. The lowest BCUT2D eigenvalue weighted by molar-refractivity contribution is -0.121. The fourth-order valence-electron chi connectivity index (χ4n) is 1.76. The molecule has 18 heavy (non-hydrogen) atoms. The zero-order chi connectivity index (χ0) is 13.4. The van der Waals surface area contributed by atoms with E-state index in [9.17, 15) is 13.2 Å². The molecule has 1 unspecified atom stereocenters. The first-order valence-electron chi connectivity index (χ1n) is 5.96. The summed E-state index contributed by atoms with van der Waals surface area (Å²) in [5, 5.41) is 5.77. The summed E-state index contributed by atoms with van der Waals surface area (Å²) in [6.07, 6.45) is 2.26. The lowest BCUT2D eigenvalue weighted by Gasteiger charge is -2.23. The zero-order valence-corrected chi connectivity index (χ0v) is 11.2. The average Bonchev–Trinajstić information content (AvgIpc) is 2.27. The minimum absolute atomic E-state index is 0.0417. The number of amides is 1. The Morgan fingerprint density at radius 2 is 2.33 bits per heavy atom. The largest absolute Gasteiger partial charge is 0.502 e. The Morgan fingerprint density at radius 1 is 1.56 bits per heavy atom. The Morgan fingerprint density at radius 3 is 3.00 bits per heavy atom. The van der Waals surface area contributed by atoms with Crippen LogP contribution in [-0.4, -0.2) is 51.6 Å². The zero-order valence-electron chi connectivity index (χ0n) is 10.4. The van der Waals surface area contributed by atoms with Crippen LogP contribution in [0.25, 0.3) is 0 Å². The molecule has 0 aliphatic carbocycles. The van der Waals surface area contributed by atoms with Crippen LogP contribution in [0.3, 0.4) is 0 Å². The van der Waals surface area contributed by atoms with Crippen LogP contribution in [-0.2, 0) is 19.4 Å². The molecule has 0 saturated carbocycles. The van der Waals surface area contributed by atoms with Gasteiger partial charge in [0.1, 0.15) is 0 Å². The third-order valence-electron chi connectivity index (χ3n) is 2.61. The molecule has 7 heteroatoms. The Labute approximate surface area is 108 Å². The molecule has 104 valence electrons. The van der Waals surface area contributed by atoms with Crippen molar-refractivity contribution in [2.24, 2.45) is 0 Å². The summed E-state index contributed by atoms with van der Waals surface area (Å²) < 4.78 is 27.7. The number of carbonyl (C=O) groups is 1. The van der Waals surface area contributed by atoms with Crippen LogP contribution in [0.1, 0.15) is 12.8 Å². The van der Waals surface area contributed by atoms with Gasteiger partial charge >= 0.3 is 0 Å². The van der Waals surface area contributed by atoms with Gasteiger partial charge in [-0.15, -0.1) is 0 Å². The van der Waals surface area contributed by atoms with Crippen molar-refractivity contribution in [2.75, 3.05) is 31.2 Å². The van der Waals surface area contributed by atoms with Crippen LogP contribution in [0.2, 0.25) is 0 Å². The predicted octanol–water partition coefficient (Wildman–Crippen LogP) is -0.570. The first-order chi connectivity index (χ1) is 8.53. The van der Waals surface area contributed by atoms with E-state index in [1.54, 1.807) is 0 Å². The molecule has 0 aromatic heterocycles. The van der Waals surface area contributed by atoms with E-state index in [4.69, 9.17) is 4.74 Å². The van der Waals surface area contributed by atoms with Gasteiger partial charge < -0.3 is 15.4 Å². The lowest BCUT2D eigenvalue weighted by atomic mass is 10.2. The van der Waals surface area contributed by atoms with E-state index in [2.05, 4.69) is 17.2 Å². The molecule has 1 atom stereocenters. The van der Waals surface area contributed by atoms with Gasteiger partial charge in [0, 0.05) is 25.6 Å². The molecule has 0 aromatic rings. The van der Waals surface area contributed by atoms with Crippen LogP contribution in [0.5, 0.6) is 0 Å². The fourth-order valence-corrected chi connectivity index (χ4v) is 3.21. The standard InChI is InChI=1S/C11H20N2O4S/c1-2-17-6-3-4-13-11(14)8-10-9-18(15,16)7-5-12-10/h2,10,12H,1,3-9H2,(H,13,14). The second kappa shape index (κ2) is 7.38. The molecule has 1 aliphatic rings. The van der Waals surface area contributed by atoms with Crippen LogP contribution in [0.15, 0.2) is 12.8 Å². The van der Waals surface area contributed by atoms with Gasteiger partial charge in [0.05, 0.1) is 24.4 Å². The summed E-state index contributed by atoms with van der Waals surface area (Å²) >= 11 is 0. The van der Waals surface area contributed by atoms with Gasteiger partial charge in [-0.2, -0.15) is 0 Å². The predicted molar refractivity (Wildman–Crippen MR) is 68.8 cm³/mol. The van der Waals surface area contributed by atoms with E-state index in [1.165, 1.54) is 6.26 Å². The number of ether oxygens (including phenoxy) is 1. The Balaban J connectivity index is 2.17. The molecule has 1 rings (SSSR count). The van der Waals surface area contributed by atoms with Crippen molar-refractivity contribution in [1.82, 2.24) is 10.6 Å². The van der Waals surface area contributed by atoms with Gasteiger partial charge in [0.2, 0.25) is 5.91 Å². The first kappa shape index (κ1) is 15.0. The molecule has 1 aliphatic heterocycles. The number of nitrogens with one attached hydrogen (secondary N) is 2. The van der Waals surface area contributed by atoms with Crippen LogP contribution < -0.4 is 10.6 Å². The monoisotopic (exact) mass is 276 g/mol. The molecule has 6 nitrogen and oxygen atoms in total. The Kier molecular flexibility index (Phi) is 6.14. The van der Waals surface area contributed by atoms with Gasteiger partial charge in [0.15, 0.2) is 9.84 Å². The minimum Gasteiger partial charge on any atom is -0.502 e. The molecular formula is C11H20N2O4S. The second-order valence-corrected chi connectivity index (χ2v) is 6.44. The SMILES string of the molecule is C=COCCCNC(=O)CC1CS(=O)(=O)CCN1. The summed E-state index contributed by atoms with van der Waals surface area (Å²) in [5.41, 5.74) is 0. The fraction of sp³-hybridized carbons (Fsp3) is 0.727. The smallest absolute Gasteiger partial charge is 0.221 e. The average molecular weight is 276 g/mol. The number of hydrogen-bond donors (Lipinski definition) is 2. The quantitative estimate of drug-likeness (QED) is 0.480. The number of rotatable bonds is 7. The summed E-state index contributed by atoms with van der Waals surface area (Å²) in [7, 11) is -2.98. The minimum atomic E-state index is -2.98. The van der Waals surface area contributed by atoms with Gasteiger partial charge in [-0.1, -0.05) is 6.58 Å². The van der Waals surface area contributed by atoms with E-state index in [0.717, 1.165) is 0 Å². The van der Waals surface area contributed by atoms with Crippen LogP contribution in [0.4, 0.5) is 0 Å². The molecule has 1 saturated heterocycles. The summed E-state index contributed by atoms with van der Waals surface area (Å²) in [6.45, 7) is 4.87. The molecule has 0 spiro atoms. The van der Waals surface area contributed by atoms with Gasteiger partial charge in [-0.25, -0.2) is 8.42 Å². The molecule has 1 amide bonds. The highest BCUT2D eigenvalue weighted by molar-refractivity contribution is 7.91. The normalized spacial score (nSPS) is 22.1. The lowest BCUT2D eigenvalue weighted by Crippen LogP contribution is -2.47. The van der Waals surface area contributed by atoms with Crippen LogP contribution >= 0.6 is 0 Å². The molecular weight excluding hydrogens is 256 g/mol. The van der Waals surface area contributed by atoms with E-state index >= 15 is 0 Å².